The highest BCUT2D eigenvalue weighted by Gasteiger charge is 2.32. The topological polar surface area (TPSA) is 104 Å². The van der Waals surface area contributed by atoms with Crippen molar-refractivity contribution >= 4 is 56.5 Å². The van der Waals surface area contributed by atoms with Crippen molar-refractivity contribution in [3.05, 3.63) is 63.6 Å². The fourth-order valence-corrected chi connectivity index (χ4v) is 5.86. The predicted molar refractivity (Wildman–Crippen MR) is 150 cm³/mol. The first kappa shape index (κ1) is 29.9. The second-order valence-electron chi connectivity index (χ2n) is 9.62. The van der Waals surface area contributed by atoms with Crippen LogP contribution in [0.5, 0.6) is 0 Å². The molecule has 206 valence electrons. The highest BCUT2D eigenvalue weighted by Crippen LogP contribution is 2.27. The van der Waals surface area contributed by atoms with Crippen LogP contribution in [0.4, 0.5) is 5.69 Å². The Hall–Kier alpha value is -2.62. The average Bonchev–Trinajstić information content (AvgIpc) is 2.86. The number of hydrogen-bond donors (Lipinski definition) is 1. The number of Topliss-reactive ketones (excluding diaryl/α,β-unsaturated/α-hetero) is 1. The van der Waals surface area contributed by atoms with Gasteiger partial charge in [-0.1, -0.05) is 60.7 Å². The first-order valence-electron chi connectivity index (χ1n) is 12.5. The summed E-state index contributed by atoms with van der Waals surface area (Å²) >= 11 is 12.8. The van der Waals surface area contributed by atoms with Crippen LogP contribution in [0.2, 0.25) is 10.0 Å². The molecule has 1 aliphatic rings. The number of nitrogens with zero attached hydrogens (tertiary/aromatic N) is 2. The van der Waals surface area contributed by atoms with Crippen molar-refractivity contribution < 1.29 is 22.8 Å². The van der Waals surface area contributed by atoms with Crippen LogP contribution in [0.3, 0.4) is 0 Å². The molecular weight excluding hydrogens is 549 g/mol. The van der Waals surface area contributed by atoms with E-state index < -0.39 is 28.5 Å². The van der Waals surface area contributed by atoms with E-state index in [9.17, 15) is 22.8 Å². The Kier molecular flexibility index (Phi) is 10.2. The maximum atomic E-state index is 13.7. The first-order valence-corrected chi connectivity index (χ1v) is 15.1. The summed E-state index contributed by atoms with van der Waals surface area (Å²) in [6.07, 6.45) is 5.91. The van der Waals surface area contributed by atoms with Gasteiger partial charge in [-0.15, -0.1) is 0 Å². The molecule has 1 atom stereocenters. The van der Waals surface area contributed by atoms with Crippen LogP contribution in [-0.4, -0.2) is 55.8 Å². The number of ketones is 1. The normalized spacial score (nSPS) is 15.0. The van der Waals surface area contributed by atoms with E-state index in [1.807, 2.05) is 0 Å². The van der Waals surface area contributed by atoms with Gasteiger partial charge in [0.05, 0.1) is 11.9 Å². The predicted octanol–water partition coefficient (Wildman–Crippen LogP) is 4.83. The SMILES string of the molecule is CC(=O)c1cccc(N(CC(=O)N(Cc2c(Cl)cccc2Cl)C(C)C(=O)NC2CCCCC2)S(C)(=O)=O)c1. The van der Waals surface area contributed by atoms with Gasteiger partial charge in [0.2, 0.25) is 21.8 Å². The molecule has 38 heavy (non-hydrogen) atoms. The van der Waals surface area contributed by atoms with Crippen LogP contribution >= 0.6 is 23.2 Å². The van der Waals surface area contributed by atoms with E-state index >= 15 is 0 Å². The number of anilines is 1. The number of rotatable bonds is 10. The number of sulfonamides is 1. The number of carbonyl (C=O) groups is 3. The van der Waals surface area contributed by atoms with Gasteiger partial charge in [0, 0.05) is 33.8 Å². The smallest absolute Gasteiger partial charge is 0.244 e. The van der Waals surface area contributed by atoms with Gasteiger partial charge in [0.1, 0.15) is 12.6 Å². The molecule has 0 heterocycles. The van der Waals surface area contributed by atoms with Crippen LogP contribution in [0, 0.1) is 0 Å². The Morgan fingerprint density at radius 2 is 1.63 bits per heavy atom. The molecule has 1 N–H and O–H groups in total. The monoisotopic (exact) mass is 581 g/mol. The molecule has 2 amide bonds. The lowest BCUT2D eigenvalue weighted by molar-refractivity contribution is -0.139. The van der Waals surface area contributed by atoms with Crippen LogP contribution < -0.4 is 9.62 Å². The number of carbonyl (C=O) groups excluding carboxylic acids is 3. The summed E-state index contributed by atoms with van der Waals surface area (Å²) in [5.41, 5.74) is 0.929. The molecular formula is C27H33Cl2N3O5S. The van der Waals surface area contributed by atoms with Crippen molar-refractivity contribution in [2.45, 2.75) is 64.6 Å². The molecule has 8 nitrogen and oxygen atoms in total. The highest BCUT2D eigenvalue weighted by molar-refractivity contribution is 7.92. The van der Waals surface area contributed by atoms with E-state index in [-0.39, 0.29) is 30.0 Å². The van der Waals surface area contributed by atoms with E-state index in [4.69, 9.17) is 23.2 Å². The van der Waals surface area contributed by atoms with E-state index in [0.717, 1.165) is 42.7 Å². The molecule has 1 unspecified atom stereocenters. The van der Waals surface area contributed by atoms with Gasteiger partial charge in [-0.25, -0.2) is 8.42 Å². The van der Waals surface area contributed by atoms with E-state index in [1.165, 1.54) is 24.0 Å². The van der Waals surface area contributed by atoms with Crippen molar-refractivity contribution in [3.8, 4) is 0 Å². The van der Waals surface area contributed by atoms with E-state index in [2.05, 4.69) is 5.32 Å². The maximum absolute atomic E-state index is 13.7. The summed E-state index contributed by atoms with van der Waals surface area (Å²) in [4.78, 5) is 40.2. The number of amides is 2. The maximum Gasteiger partial charge on any atom is 0.244 e. The Bertz CT molecular complexity index is 1280. The molecule has 0 spiro atoms. The zero-order chi connectivity index (χ0) is 28.0. The highest BCUT2D eigenvalue weighted by atomic mass is 35.5. The zero-order valence-corrected chi connectivity index (χ0v) is 24.1. The average molecular weight is 583 g/mol. The Balaban J connectivity index is 1.94. The first-order chi connectivity index (χ1) is 17.9. The molecule has 1 saturated carbocycles. The van der Waals surface area contributed by atoms with Gasteiger partial charge < -0.3 is 10.2 Å². The minimum atomic E-state index is -3.92. The number of halogens is 2. The fourth-order valence-electron chi connectivity index (χ4n) is 4.50. The molecule has 2 aromatic carbocycles. The summed E-state index contributed by atoms with van der Waals surface area (Å²) in [6.45, 7) is 2.30. The lowest BCUT2D eigenvalue weighted by atomic mass is 9.95. The quantitative estimate of drug-likeness (QED) is 0.405. The Morgan fingerprint density at radius 1 is 1.03 bits per heavy atom. The second kappa shape index (κ2) is 13.0. The molecule has 0 bridgehead atoms. The summed E-state index contributed by atoms with van der Waals surface area (Å²) < 4.78 is 26.4. The van der Waals surface area contributed by atoms with Crippen molar-refractivity contribution in [1.82, 2.24) is 10.2 Å². The van der Waals surface area contributed by atoms with Gasteiger partial charge in [-0.05, 0) is 51.0 Å². The van der Waals surface area contributed by atoms with Gasteiger partial charge in [0.25, 0.3) is 0 Å². The third-order valence-corrected chi connectivity index (χ3v) is 8.58. The largest absolute Gasteiger partial charge is 0.352 e. The van der Waals surface area contributed by atoms with Gasteiger partial charge in [-0.2, -0.15) is 0 Å². The van der Waals surface area contributed by atoms with E-state index in [1.54, 1.807) is 37.3 Å². The number of hydrogen-bond acceptors (Lipinski definition) is 5. The Labute approximate surface area is 234 Å². The van der Waals surface area contributed by atoms with E-state index in [0.29, 0.717) is 21.2 Å². The van der Waals surface area contributed by atoms with Crippen molar-refractivity contribution in [2.24, 2.45) is 0 Å². The fraction of sp³-hybridized carbons (Fsp3) is 0.444. The van der Waals surface area contributed by atoms with Crippen LogP contribution in [-0.2, 0) is 26.2 Å². The molecule has 3 rings (SSSR count). The molecule has 1 fully saturated rings. The molecule has 0 aromatic heterocycles. The minimum Gasteiger partial charge on any atom is -0.352 e. The summed E-state index contributed by atoms with van der Waals surface area (Å²) in [7, 11) is -3.92. The van der Waals surface area contributed by atoms with Crippen molar-refractivity contribution in [3.63, 3.8) is 0 Å². The lowest BCUT2D eigenvalue weighted by Gasteiger charge is -2.33. The van der Waals surface area contributed by atoms with Crippen LogP contribution in [0.25, 0.3) is 0 Å². The zero-order valence-electron chi connectivity index (χ0n) is 21.7. The number of benzene rings is 2. The summed E-state index contributed by atoms with van der Waals surface area (Å²) in [5.74, 6) is -1.20. The lowest BCUT2D eigenvalue weighted by Crippen LogP contribution is -2.53. The third kappa shape index (κ3) is 7.71. The van der Waals surface area contributed by atoms with Crippen molar-refractivity contribution in [1.29, 1.82) is 0 Å². The molecule has 1 aliphatic carbocycles. The third-order valence-electron chi connectivity index (χ3n) is 6.73. The molecule has 11 heteroatoms. The van der Waals surface area contributed by atoms with Gasteiger partial charge in [0.15, 0.2) is 5.78 Å². The van der Waals surface area contributed by atoms with Crippen molar-refractivity contribution in [2.75, 3.05) is 17.1 Å². The summed E-state index contributed by atoms with van der Waals surface area (Å²) in [6, 6.07) is 10.1. The summed E-state index contributed by atoms with van der Waals surface area (Å²) in [5, 5.41) is 3.68. The van der Waals surface area contributed by atoms with Crippen LogP contribution in [0.1, 0.15) is 61.9 Å². The Morgan fingerprint density at radius 3 is 2.21 bits per heavy atom. The van der Waals surface area contributed by atoms with Gasteiger partial charge >= 0.3 is 0 Å². The standard InChI is InChI=1S/C27H33Cl2N3O5S/c1-18(27(35)30-21-10-5-4-6-11-21)31(16-23-24(28)13-8-14-25(23)29)26(34)17-32(38(3,36)37)22-12-7-9-20(15-22)19(2)33/h7-9,12-15,18,21H,4-6,10-11,16-17H2,1-3H3,(H,30,35). The molecule has 0 aliphatic heterocycles. The minimum absolute atomic E-state index is 0.0291. The number of nitrogens with one attached hydrogen (secondary N) is 1. The van der Waals surface area contributed by atoms with Crippen LogP contribution in [0.15, 0.2) is 42.5 Å². The molecule has 2 aromatic rings. The van der Waals surface area contributed by atoms with Gasteiger partial charge in [-0.3, -0.25) is 18.7 Å². The second-order valence-corrected chi connectivity index (χ2v) is 12.3. The molecule has 0 radical (unpaired) electrons. The molecule has 0 saturated heterocycles.